The van der Waals surface area contributed by atoms with Crippen molar-refractivity contribution in [3.8, 4) is 11.1 Å². The van der Waals surface area contributed by atoms with Crippen LogP contribution >= 0.6 is 0 Å². The Bertz CT molecular complexity index is 509. The normalized spacial score (nSPS) is 10.9. The zero-order valence-electron chi connectivity index (χ0n) is 12.3. The quantitative estimate of drug-likeness (QED) is 0.629. The van der Waals surface area contributed by atoms with Gasteiger partial charge in [0.05, 0.1) is 0 Å². The largest absolute Gasteiger partial charge is 0.0654 e. The lowest BCUT2D eigenvalue weighted by molar-refractivity contribution is 0.791. The van der Waals surface area contributed by atoms with Gasteiger partial charge in [0, 0.05) is 0 Å². The summed E-state index contributed by atoms with van der Waals surface area (Å²) in [6, 6.07) is 17.6. The Hall–Kier alpha value is -1.56. The molecule has 0 aliphatic rings. The fourth-order valence-electron chi connectivity index (χ4n) is 2.63. The zero-order valence-corrected chi connectivity index (χ0v) is 12.3. The predicted molar refractivity (Wildman–Crippen MR) is 84.6 cm³/mol. The standard InChI is InChI=1S/C19H24/c1-4-5-10-16-13-9-14-18(15(2)3)19(16)17-11-7-6-8-12-17/h6-9,11-15H,4-5,10H2,1-3H3. The minimum atomic E-state index is 0.566. The van der Waals surface area contributed by atoms with Gasteiger partial charge < -0.3 is 0 Å². The molecule has 0 bridgehead atoms. The highest BCUT2D eigenvalue weighted by atomic mass is 14.2. The van der Waals surface area contributed by atoms with Crippen LogP contribution in [0.4, 0.5) is 0 Å². The number of unbranched alkanes of at least 4 members (excludes halogenated alkanes) is 1. The maximum atomic E-state index is 2.30. The van der Waals surface area contributed by atoms with E-state index in [1.54, 1.807) is 0 Å². The van der Waals surface area contributed by atoms with Gasteiger partial charge in [-0.05, 0) is 41.0 Å². The van der Waals surface area contributed by atoms with E-state index in [1.165, 1.54) is 41.5 Å². The van der Waals surface area contributed by atoms with E-state index in [2.05, 4.69) is 69.3 Å². The molecule has 0 unspecified atom stereocenters. The van der Waals surface area contributed by atoms with Crippen LogP contribution in [0, 0.1) is 0 Å². The number of aryl methyl sites for hydroxylation is 1. The van der Waals surface area contributed by atoms with Gasteiger partial charge in [0.2, 0.25) is 0 Å². The third kappa shape index (κ3) is 3.26. The van der Waals surface area contributed by atoms with Gasteiger partial charge in [0.25, 0.3) is 0 Å². The maximum Gasteiger partial charge on any atom is -0.0117 e. The first-order valence-electron chi connectivity index (χ1n) is 7.41. The smallest absolute Gasteiger partial charge is 0.0117 e. The minimum Gasteiger partial charge on any atom is -0.0654 e. The molecule has 0 aliphatic carbocycles. The first kappa shape index (κ1) is 13.9. The zero-order chi connectivity index (χ0) is 13.7. The molecule has 0 radical (unpaired) electrons. The molecule has 0 atom stereocenters. The molecule has 2 aromatic rings. The van der Waals surface area contributed by atoms with Crippen LogP contribution in [0.1, 0.15) is 50.7 Å². The van der Waals surface area contributed by atoms with E-state index >= 15 is 0 Å². The van der Waals surface area contributed by atoms with Gasteiger partial charge in [-0.1, -0.05) is 75.7 Å². The SMILES string of the molecule is CCCCc1cccc(C(C)C)c1-c1ccccc1. The Morgan fingerprint density at radius 2 is 1.63 bits per heavy atom. The minimum absolute atomic E-state index is 0.566. The van der Waals surface area contributed by atoms with Gasteiger partial charge in [-0.3, -0.25) is 0 Å². The highest BCUT2D eigenvalue weighted by Gasteiger charge is 2.12. The van der Waals surface area contributed by atoms with Crippen molar-refractivity contribution in [2.45, 2.75) is 46.0 Å². The summed E-state index contributed by atoms with van der Waals surface area (Å²) >= 11 is 0. The third-order valence-electron chi connectivity index (χ3n) is 3.67. The highest BCUT2D eigenvalue weighted by Crippen LogP contribution is 2.33. The molecule has 0 aliphatic heterocycles. The van der Waals surface area contributed by atoms with E-state index in [-0.39, 0.29) is 0 Å². The van der Waals surface area contributed by atoms with Crippen LogP contribution in [0.2, 0.25) is 0 Å². The fraction of sp³-hybridized carbons (Fsp3) is 0.368. The molecule has 2 aromatic carbocycles. The molecule has 0 spiro atoms. The number of rotatable bonds is 5. The monoisotopic (exact) mass is 252 g/mol. The summed E-state index contributed by atoms with van der Waals surface area (Å²) in [6.07, 6.45) is 3.70. The summed E-state index contributed by atoms with van der Waals surface area (Å²) < 4.78 is 0. The van der Waals surface area contributed by atoms with Crippen molar-refractivity contribution in [2.75, 3.05) is 0 Å². The Morgan fingerprint density at radius 1 is 0.895 bits per heavy atom. The molecular formula is C19H24. The van der Waals surface area contributed by atoms with E-state index in [4.69, 9.17) is 0 Å². The van der Waals surface area contributed by atoms with Gasteiger partial charge in [0.1, 0.15) is 0 Å². The Balaban J connectivity index is 2.53. The van der Waals surface area contributed by atoms with Crippen LogP contribution in [0.25, 0.3) is 11.1 Å². The highest BCUT2D eigenvalue weighted by molar-refractivity contribution is 5.71. The Labute approximate surface area is 117 Å². The van der Waals surface area contributed by atoms with Gasteiger partial charge >= 0.3 is 0 Å². The van der Waals surface area contributed by atoms with E-state index in [1.807, 2.05) is 0 Å². The van der Waals surface area contributed by atoms with Crippen LogP contribution in [0.15, 0.2) is 48.5 Å². The second-order valence-corrected chi connectivity index (χ2v) is 5.51. The summed E-state index contributed by atoms with van der Waals surface area (Å²) in [6.45, 7) is 6.82. The van der Waals surface area contributed by atoms with Crippen LogP contribution in [0.3, 0.4) is 0 Å². The van der Waals surface area contributed by atoms with Crippen LogP contribution in [0.5, 0.6) is 0 Å². The summed E-state index contributed by atoms with van der Waals surface area (Å²) in [5, 5.41) is 0. The summed E-state index contributed by atoms with van der Waals surface area (Å²) in [7, 11) is 0. The van der Waals surface area contributed by atoms with Crippen molar-refractivity contribution in [1.29, 1.82) is 0 Å². The van der Waals surface area contributed by atoms with Crippen molar-refractivity contribution < 1.29 is 0 Å². The van der Waals surface area contributed by atoms with Gasteiger partial charge in [-0.15, -0.1) is 0 Å². The lowest BCUT2D eigenvalue weighted by Crippen LogP contribution is -1.98. The molecule has 0 aromatic heterocycles. The molecular weight excluding hydrogens is 228 g/mol. The van der Waals surface area contributed by atoms with Crippen LogP contribution in [-0.4, -0.2) is 0 Å². The van der Waals surface area contributed by atoms with Crippen LogP contribution in [-0.2, 0) is 6.42 Å². The average molecular weight is 252 g/mol. The van der Waals surface area contributed by atoms with E-state index in [9.17, 15) is 0 Å². The summed E-state index contributed by atoms with van der Waals surface area (Å²) in [5.74, 6) is 0.566. The van der Waals surface area contributed by atoms with Crippen molar-refractivity contribution in [3.63, 3.8) is 0 Å². The number of benzene rings is 2. The fourth-order valence-corrected chi connectivity index (χ4v) is 2.63. The first-order valence-corrected chi connectivity index (χ1v) is 7.41. The lowest BCUT2D eigenvalue weighted by atomic mass is 9.87. The maximum absolute atomic E-state index is 2.30. The first-order chi connectivity index (χ1) is 9.24. The molecule has 0 N–H and O–H groups in total. The van der Waals surface area contributed by atoms with Gasteiger partial charge in [-0.2, -0.15) is 0 Å². The third-order valence-corrected chi connectivity index (χ3v) is 3.67. The van der Waals surface area contributed by atoms with Gasteiger partial charge in [0.15, 0.2) is 0 Å². The molecule has 2 rings (SSSR count). The molecule has 100 valence electrons. The van der Waals surface area contributed by atoms with Crippen molar-refractivity contribution in [1.82, 2.24) is 0 Å². The topological polar surface area (TPSA) is 0 Å². The molecule has 0 fully saturated rings. The molecule has 0 amide bonds. The summed E-state index contributed by atoms with van der Waals surface area (Å²) in [5.41, 5.74) is 5.79. The van der Waals surface area contributed by atoms with E-state index in [0.717, 1.165) is 0 Å². The number of hydrogen-bond donors (Lipinski definition) is 0. The lowest BCUT2D eigenvalue weighted by Gasteiger charge is -2.17. The molecule has 0 saturated heterocycles. The predicted octanol–water partition coefficient (Wildman–Crippen LogP) is 5.82. The second kappa shape index (κ2) is 6.56. The Kier molecular flexibility index (Phi) is 4.79. The van der Waals surface area contributed by atoms with Crippen molar-refractivity contribution in [2.24, 2.45) is 0 Å². The van der Waals surface area contributed by atoms with Gasteiger partial charge in [-0.25, -0.2) is 0 Å². The number of hydrogen-bond acceptors (Lipinski definition) is 0. The molecule has 0 saturated carbocycles. The van der Waals surface area contributed by atoms with E-state index < -0.39 is 0 Å². The summed E-state index contributed by atoms with van der Waals surface area (Å²) in [4.78, 5) is 0. The second-order valence-electron chi connectivity index (χ2n) is 5.51. The Morgan fingerprint density at radius 3 is 2.26 bits per heavy atom. The van der Waals surface area contributed by atoms with Crippen LogP contribution < -0.4 is 0 Å². The molecule has 19 heavy (non-hydrogen) atoms. The van der Waals surface area contributed by atoms with E-state index in [0.29, 0.717) is 5.92 Å². The average Bonchev–Trinajstić information content (AvgIpc) is 2.45. The van der Waals surface area contributed by atoms with Crippen molar-refractivity contribution >= 4 is 0 Å². The molecule has 0 heterocycles. The molecule has 0 nitrogen and oxygen atoms in total. The van der Waals surface area contributed by atoms with Crippen molar-refractivity contribution in [3.05, 3.63) is 59.7 Å². The molecule has 0 heteroatoms.